The number of aliphatic hydroxyl groups is 1. The maximum absolute atomic E-state index is 13.0. The minimum absolute atomic E-state index is 0.0431. The molecule has 0 aliphatic carbocycles. The van der Waals surface area contributed by atoms with Crippen LogP contribution < -0.4 is 9.64 Å². The zero-order chi connectivity index (χ0) is 22.1. The number of carbonyl (C=O) groups is 2. The summed E-state index contributed by atoms with van der Waals surface area (Å²) in [5.41, 5.74) is 0.820. The van der Waals surface area contributed by atoms with Gasteiger partial charge in [0.15, 0.2) is 0 Å². The molecule has 1 amide bonds. The van der Waals surface area contributed by atoms with E-state index in [0.717, 1.165) is 0 Å². The molecule has 2 heterocycles. The second-order valence-corrected chi connectivity index (χ2v) is 7.49. The Hall–Kier alpha value is -3.51. The molecule has 0 bridgehead atoms. The highest BCUT2D eigenvalue weighted by molar-refractivity contribution is 6.51. The van der Waals surface area contributed by atoms with Gasteiger partial charge >= 0.3 is 0 Å². The Morgan fingerprint density at radius 3 is 2.32 bits per heavy atom. The minimum Gasteiger partial charge on any atom is -0.507 e. The van der Waals surface area contributed by atoms with Crippen molar-refractivity contribution in [3.8, 4) is 5.75 Å². The third kappa shape index (κ3) is 3.82. The fraction of sp³-hybridized carbons (Fsp3) is 0.167. The average molecular weight is 438 g/mol. The predicted octanol–water partition coefficient (Wildman–Crippen LogP) is 5.27. The Morgan fingerprint density at radius 1 is 1.06 bits per heavy atom. The van der Waals surface area contributed by atoms with Gasteiger partial charge in [-0.1, -0.05) is 11.6 Å². The van der Waals surface area contributed by atoms with Crippen molar-refractivity contribution in [3.63, 3.8) is 0 Å². The first kappa shape index (κ1) is 20.8. The molecule has 1 fully saturated rings. The van der Waals surface area contributed by atoms with Crippen molar-refractivity contribution >= 4 is 34.7 Å². The topological polar surface area (TPSA) is 80.0 Å². The average Bonchev–Trinajstić information content (AvgIpc) is 3.30. The van der Waals surface area contributed by atoms with Gasteiger partial charge in [-0.15, -0.1) is 0 Å². The molecule has 31 heavy (non-hydrogen) atoms. The van der Waals surface area contributed by atoms with E-state index in [0.29, 0.717) is 40.2 Å². The molecule has 1 atom stereocenters. The number of aliphatic hydroxyl groups excluding tert-OH is 1. The molecule has 1 aliphatic rings. The SMILES string of the molecule is CCOc1ccc(/C(O)=C2/C(=O)C(=O)N(c3ccc(Cl)cc3)C2c2ccc(C)o2)cc1. The molecule has 3 aromatic rings. The van der Waals surface area contributed by atoms with E-state index in [1.54, 1.807) is 67.6 Å². The van der Waals surface area contributed by atoms with Gasteiger partial charge in [0, 0.05) is 16.3 Å². The van der Waals surface area contributed by atoms with Crippen LogP contribution >= 0.6 is 11.6 Å². The van der Waals surface area contributed by atoms with Crippen LogP contribution in [0.3, 0.4) is 0 Å². The van der Waals surface area contributed by atoms with Gasteiger partial charge in [-0.2, -0.15) is 0 Å². The predicted molar refractivity (Wildman–Crippen MR) is 117 cm³/mol. The summed E-state index contributed by atoms with van der Waals surface area (Å²) in [6.07, 6.45) is 0. The Morgan fingerprint density at radius 2 is 1.74 bits per heavy atom. The Kier molecular flexibility index (Phi) is 5.57. The fourth-order valence-corrected chi connectivity index (χ4v) is 3.73. The van der Waals surface area contributed by atoms with Crippen molar-refractivity contribution in [2.75, 3.05) is 11.5 Å². The molecule has 0 saturated carbocycles. The number of rotatable bonds is 5. The van der Waals surface area contributed by atoms with Gasteiger partial charge in [0.2, 0.25) is 0 Å². The molecular weight excluding hydrogens is 418 g/mol. The van der Waals surface area contributed by atoms with Crippen LogP contribution in [0.4, 0.5) is 5.69 Å². The zero-order valence-electron chi connectivity index (χ0n) is 17.0. The maximum Gasteiger partial charge on any atom is 0.300 e. The lowest BCUT2D eigenvalue weighted by atomic mass is 9.99. The lowest BCUT2D eigenvalue weighted by Crippen LogP contribution is -2.29. The summed E-state index contributed by atoms with van der Waals surface area (Å²) in [5.74, 6) is -0.193. The molecule has 1 aliphatic heterocycles. The van der Waals surface area contributed by atoms with Crippen LogP contribution in [0.25, 0.3) is 5.76 Å². The van der Waals surface area contributed by atoms with Crippen molar-refractivity contribution < 1.29 is 23.8 Å². The van der Waals surface area contributed by atoms with Gasteiger partial charge in [0.1, 0.15) is 29.1 Å². The largest absolute Gasteiger partial charge is 0.507 e. The number of nitrogens with zero attached hydrogens (tertiary/aromatic N) is 1. The van der Waals surface area contributed by atoms with Gasteiger partial charge in [0.25, 0.3) is 11.7 Å². The van der Waals surface area contributed by atoms with E-state index in [2.05, 4.69) is 0 Å². The quantitative estimate of drug-likeness (QED) is 0.334. The van der Waals surface area contributed by atoms with E-state index in [4.69, 9.17) is 20.8 Å². The number of ether oxygens (including phenoxy) is 1. The number of furan rings is 1. The summed E-state index contributed by atoms with van der Waals surface area (Å²) < 4.78 is 11.2. The Bertz CT molecular complexity index is 1160. The summed E-state index contributed by atoms with van der Waals surface area (Å²) in [7, 11) is 0. The van der Waals surface area contributed by atoms with Gasteiger partial charge in [0.05, 0.1) is 12.2 Å². The van der Waals surface area contributed by atoms with E-state index in [1.807, 2.05) is 6.92 Å². The second kappa shape index (κ2) is 8.32. The minimum atomic E-state index is -0.915. The van der Waals surface area contributed by atoms with Crippen LogP contribution in [0.15, 0.2) is 70.7 Å². The van der Waals surface area contributed by atoms with E-state index >= 15 is 0 Å². The third-order valence-electron chi connectivity index (χ3n) is 5.02. The lowest BCUT2D eigenvalue weighted by molar-refractivity contribution is -0.132. The van der Waals surface area contributed by atoms with Crippen molar-refractivity contribution in [2.24, 2.45) is 0 Å². The zero-order valence-corrected chi connectivity index (χ0v) is 17.7. The molecule has 1 saturated heterocycles. The monoisotopic (exact) mass is 437 g/mol. The smallest absolute Gasteiger partial charge is 0.300 e. The number of hydrogen-bond acceptors (Lipinski definition) is 5. The van der Waals surface area contributed by atoms with Crippen LogP contribution in [0.5, 0.6) is 5.75 Å². The molecule has 0 spiro atoms. The lowest BCUT2D eigenvalue weighted by Gasteiger charge is -2.23. The van der Waals surface area contributed by atoms with Crippen molar-refractivity contribution in [2.45, 2.75) is 19.9 Å². The van der Waals surface area contributed by atoms with Gasteiger partial charge < -0.3 is 14.3 Å². The molecule has 4 rings (SSSR count). The molecule has 1 N–H and O–H groups in total. The highest BCUT2D eigenvalue weighted by atomic mass is 35.5. The summed E-state index contributed by atoms with van der Waals surface area (Å²) >= 11 is 5.99. The number of ketones is 1. The number of anilines is 1. The molecule has 2 aromatic carbocycles. The van der Waals surface area contributed by atoms with Crippen LogP contribution in [0.2, 0.25) is 5.02 Å². The Balaban J connectivity index is 1.86. The number of carbonyl (C=O) groups excluding carboxylic acids is 2. The summed E-state index contributed by atoms with van der Waals surface area (Å²) in [4.78, 5) is 27.3. The number of Topliss-reactive ketones (excluding diaryl/α,β-unsaturated/α-hetero) is 1. The van der Waals surface area contributed by atoms with E-state index in [9.17, 15) is 14.7 Å². The van der Waals surface area contributed by atoms with Crippen molar-refractivity contribution in [3.05, 3.63) is 88.3 Å². The van der Waals surface area contributed by atoms with Gasteiger partial charge in [-0.25, -0.2) is 0 Å². The van der Waals surface area contributed by atoms with Crippen molar-refractivity contribution in [1.82, 2.24) is 0 Å². The van der Waals surface area contributed by atoms with Crippen LogP contribution in [0.1, 0.15) is 30.0 Å². The van der Waals surface area contributed by atoms with Gasteiger partial charge in [-0.3, -0.25) is 14.5 Å². The second-order valence-electron chi connectivity index (χ2n) is 7.05. The molecular formula is C24H20ClNO5. The van der Waals surface area contributed by atoms with E-state index < -0.39 is 17.7 Å². The molecule has 1 aromatic heterocycles. The number of hydrogen-bond donors (Lipinski definition) is 1. The fourth-order valence-electron chi connectivity index (χ4n) is 3.60. The first-order valence-electron chi connectivity index (χ1n) is 9.77. The molecule has 6 nitrogen and oxygen atoms in total. The number of aryl methyl sites for hydroxylation is 1. The normalized spacial score (nSPS) is 17.9. The number of amides is 1. The first-order chi connectivity index (χ1) is 14.9. The summed E-state index contributed by atoms with van der Waals surface area (Å²) in [5, 5.41) is 11.6. The molecule has 7 heteroatoms. The molecule has 158 valence electrons. The van der Waals surface area contributed by atoms with Crippen LogP contribution in [-0.4, -0.2) is 23.4 Å². The van der Waals surface area contributed by atoms with Crippen LogP contribution in [0, 0.1) is 6.92 Å². The van der Waals surface area contributed by atoms with E-state index in [-0.39, 0.29) is 11.3 Å². The first-order valence-corrected chi connectivity index (χ1v) is 10.1. The van der Waals surface area contributed by atoms with Gasteiger partial charge in [-0.05, 0) is 74.5 Å². The van der Waals surface area contributed by atoms with Crippen molar-refractivity contribution in [1.29, 1.82) is 0 Å². The van der Waals surface area contributed by atoms with Crippen LogP contribution in [-0.2, 0) is 9.59 Å². The Labute approximate surface area is 184 Å². The maximum atomic E-state index is 13.0. The number of benzene rings is 2. The molecule has 0 radical (unpaired) electrons. The highest BCUT2D eigenvalue weighted by Gasteiger charge is 2.48. The summed E-state index contributed by atoms with van der Waals surface area (Å²) in [6.45, 7) is 4.15. The molecule has 1 unspecified atom stereocenters. The summed E-state index contributed by atoms with van der Waals surface area (Å²) in [6, 6.07) is 15.7. The van der Waals surface area contributed by atoms with E-state index in [1.165, 1.54) is 4.90 Å². The highest BCUT2D eigenvalue weighted by Crippen LogP contribution is 2.42. The standard InChI is InChI=1S/C24H20ClNO5/c1-3-30-18-11-5-15(6-12-18)22(27)20-21(19-13-4-14(2)31-19)26(24(29)23(20)28)17-9-7-16(25)8-10-17/h4-13,21,27H,3H2,1-2H3/b22-20-. The third-order valence-corrected chi connectivity index (χ3v) is 5.27. The number of halogens is 1.